The van der Waals surface area contributed by atoms with Crippen LogP contribution in [0.3, 0.4) is 0 Å². The Bertz CT molecular complexity index is 469. The van der Waals surface area contributed by atoms with E-state index in [0.717, 1.165) is 19.2 Å². The third-order valence-corrected chi connectivity index (χ3v) is 3.83. The summed E-state index contributed by atoms with van der Waals surface area (Å²) in [5.41, 5.74) is 0.332. The van der Waals surface area contributed by atoms with Crippen LogP contribution in [0.5, 0.6) is 0 Å². The largest absolute Gasteiger partial charge is 0.309 e. The Morgan fingerprint density at radius 2 is 1.89 bits per heavy atom. The molecule has 0 saturated carbocycles. The Morgan fingerprint density at radius 1 is 1.21 bits per heavy atom. The van der Waals surface area contributed by atoms with Gasteiger partial charge in [0.15, 0.2) is 11.6 Å². The highest BCUT2D eigenvalue weighted by atomic mass is 19.2. The molecule has 2 nitrogen and oxygen atoms in total. The Kier molecular flexibility index (Phi) is 3.67. The molecule has 106 valence electrons. The van der Waals surface area contributed by atoms with E-state index in [9.17, 15) is 8.78 Å². The Labute approximate surface area is 113 Å². The van der Waals surface area contributed by atoms with Crippen LogP contribution in [0.2, 0.25) is 0 Å². The van der Waals surface area contributed by atoms with E-state index >= 15 is 0 Å². The number of halogens is 2. The molecule has 0 unspecified atom stereocenters. The first-order valence-electron chi connectivity index (χ1n) is 6.64. The van der Waals surface area contributed by atoms with Gasteiger partial charge in [-0.1, -0.05) is 12.1 Å². The summed E-state index contributed by atoms with van der Waals surface area (Å²) in [6.07, 6.45) is 0. The topological polar surface area (TPSA) is 15.3 Å². The molecule has 1 fully saturated rings. The summed E-state index contributed by atoms with van der Waals surface area (Å²) >= 11 is 0. The van der Waals surface area contributed by atoms with Crippen LogP contribution in [0.4, 0.5) is 8.78 Å². The van der Waals surface area contributed by atoms with Gasteiger partial charge in [0.25, 0.3) is 0 Å². The Balaban J connectivity index is 2.22. The van der Waals surface area contributed by atoms with Crippen molar-refractivity contribution in [3.63, 3.8) is 0 Å². The average molecular weight is 268 g/mol. The maximum atomic E-state index is 13.8. The first-order chi connectivity index (χ1) is 8.71. The molecule has 2 rings (SSSR count). The zero-order valence-corrected chi connectivity index (χ0v) is 12.1. The van der Waals surface area contributed by atoms with Gasteiger partial charge >= 0.3 is 0 Å². The quantitative estimate of drug-likeness (QED) is 0.887. The molecular formula is C15H22F2N2. The second kappa shape index (κ2) is 4.84. The van der Waals surface area contributed by atoms with Crippen LogP contribution in [-0.2, 0) is 6.54 Å². The number of hydrogen-bond acceptors (Lipinski definition) is 2. The van der Waals surface area contributed by atoms with Crippen LogP contribution in [-0.4, -0.2) is 29.1 Å². The van der Waals surface area contributed by atoms with Crippen molar-refractivity contribution in [2.75, 3.05) is 13.1 Å². The van der Waals surface area contributed by atoms with Crippen molar-refractivity contribution in [3.05, 3.63) is 35.4 Å². The molecule has 0 amide bonds. The third kappa shape index (κ3) is 3.12. The van der Waals surface area contributed by atoms with Crippen molar-refractivity contribution in [1.29, 1.82) is 0 Å². The van der Waals surface area contributed by atoms with Crippen molar-refractivity contribution < 1.29 is 8.78 Å². The molecule has 0 aliphatic carbocycles. The van der Waals surface area contributed by atoms with Crippen molar-refractivity contribution >= 4 is 0 Å². The van der Waals surface area contributed by atoms with E-state index in [2.05, 4.69) is 37.9 Å². The minimum atomic E-state index is -0.773. The van der Waals surface area contributed by atoms with Crippen LogP contribution in [0.1, 0.15) is 33.3 Å². The lowest BCUT2D eigenvalue weighted by atomic mass is 9.91. The van der Waals surface area contributed by atoms with E-state index < -0.39 is 11.6 Å². The maximum absolute atomic E-state index is 13.8. The summed E-state index contributed by atoms with van der Waals surface area (Å²) in [4.78, 5) is 2.21. The van der Waals surface area contributed by atoms with E-state index in [0.29, 0.717) is 12.1 Å². The number of rotatable bonds is 2. The standard InChI is InChI=1S/C15H22F2N2/c1-14(2)10-19(15(3,4)9-18-14)8-11-6-5-7-12(16)13(11)17/h5-7,18H,8-10H2,1-4H3. The van der Waals surface area contributed by atoms with Crippen LogP contribution in [0.25, 0.3) is 0 Å². The fourth-order valence-corrected chi connectivity index (χ4v) is 2.46. The molecule has 19 heavy (non-hydrogen) atoms. The van der Waals surface area contributed by atoms with Crippen molar-refractivity contribution in [1.82, 2.24) is 10.2 Å². The molecule has 1 aromatic rings. The molecule has 0 aromatic heterocycles. The van der Waals surface area contributed by atoms with Gasteiger partial charge in [-0.3, -0.25) is 4.90 Å². The first-order valence-corrected chi connectivity index (χ1v) is 6.64. The highest BCUT2D eigenvalue weighted by Crippen LogP contribution is 2.26. The van der Waals surface area contributed by atoms with Crippen molar-refractivity contribution in [2.24, 2.45) is 0 Å². The van der Waals surface area contributed by atoms with Gasteiger partial charge in [-0.2, -0.15) is 0 Å². The zero-order chi connectivity index (χ0) is 14.3. The molecule has 0 atom stereocenters. The molecule has 1 N–H and O–H groups in total. The summed E-state index contributed by atoms with van der Waals surface area (Å²) in [6.45, 7) is 10.5. The molecule has 1 aliphatic rings. The minimum Gasteiger partial charge on any atom is -0.309 e. The van der Waals surface area contributed by atoms with E-state index in [1.54, 1.807) is 12.1 Å². The van der Waals surface area contributed by atoms with E-state index in [1.807, 2.05) is 0 Å². The number of piperazine rings is 1. The molecule has 1 heterocycles. The molecule has 0 spiro atoms. The predicted molar refractivity (Wildman–Crippen MR) is 72.9 cm³/mol. The number of nitrogens with zero attached hydrogens (tertiary/aromatic N) is 1. The highest BCUT2D eigenvalue weighted by Gasteiger charge is 2.37. The van der Waals surface area contributed by atoms with Crippen LogP contribution in [0, 0.1) is 11.6 Å². The number of nitrogens with one attached hydrogen (secondary N) is 1. The smallest absolute Gasteiger partial charge is 0.163 e. The Morgan fingerprint density at radius 3 is 2.58 bits per heavy atom. The maximum Gasteiger partial charge on any atom is 0.163 e. The number of benzene rings is 1. The molecule has 4 heteroatoms. The van der Waals surface area contributed by atoms with Gasteiger partial charge in [0, 0.05) is 36.3 Å². The van der Waals surface area contributed by atoms with Crippen molar-refractivity contribution in [3.8, 4) is 0 Å². The molecular weight excluding hydrogens is 246 g/mol. The minimum absolute atomic E-state index is 0.0146. The number of hydrogen-bond donors (Lipinski definition) is 1. The second-order valence-electron chi connectivity index (χ2n) is 6.62. The lowest BCUT2D eigenvalue weighted by molar-refractivity contribution is 0.0314. The van der Waals surface area contributed by atoms with Gasteiger partial charge in [0.2, 0.25) is 0 Å². The van der Waals surface area contributed by atoms with Gasteiger partial charge in [-0.25, -0.2) is 8.78 Å². The van der Waals surface area contributed by atoms with Gasteiger partial charge in [-0.15, -0.1) is 0 Å². The van der Waals surface area contributed by atoms with Gasteiger partial charge in [0.05, 0.1) is 0 Å². The van der Waals surface area contributed by atoms with Crippen LogP contribution in [0.15, 0.2) is 18.2 Å². The van der Waals surface area contributed by atoms with E-state index in [-0.39, 0.29) is 11.1 Å². The molecule has 1 aliphatic heterocycles. The zero-order valence-electron chi connectivity index (χ0n) is 12.1. The lowest BCUT2D eigenvalue weighted by Crippen LogP contribution is -2.65. The Hall–Kier alpha value is -1.00. The third-order valence-electron chi connectivity index (χ3n) is 3.83. The summed E-state index contributed by atoms with van der Waals surface area (Å²) in [5.74, 6) is -1.50. The van der Waals surface area contributed by atoms with Crippen molar-refractivity contribution in [2.45, 2.75) is 45.3 Å². The monoisotopic (exact) mass is 268 g/mol. The van der Waals surface area contributed by atoms with Gasteiger partial charge in [0.1, 0.15) is 0 Å². The SMILES string of the molecule is CC1(C)CN(Cc2cccc(F)c2F)C(C)(C)CN1. The molecule has 1 saturated heterocycles. The molecule has 0 radical (unpaired) electrons. The van der Waals surface area contributed by atoms with E-state index in [4.69, 9.17) is 0 Å². The summed E-state index contributed by atoms with van der Waals surface area (Å²) in [6, 6.07) is 4.38. The van der Waals surface area contributed by atoms with Gasteiger partial charge in [-0.05, 0) is 33.8 Å². The fraction of sp³-hybridized carbons (Fsp3) is 0.600. The predicted octanol–water partition coefficient (Wildman–Crippen LogP) is 2.93. The first kappa shape index (κ1) is 14.4. The average Bonchev–Trinajstić information content (AvgIpc) is 2.30. The summed E-state index contributed by atoms with van der Waals surface area (Å²) in [7, 11) is 0. The molecule has 0 bridgehead atoms. The molecule has 1 aromatic carbocycles. The van der Waals surface area contributed by atoms with Crippen LogP contribution < -0.4 is 5.32 Å². The summed E-state index contributed by atoms with van der Waals surface area (Å²) < 4.78 is 27.1. The second-order valence-corrected chi connectivity index (χ2v) is 6.62. The van der Waals surface area contributed by atoms with Gasteiger partial charge < -0.3 is 5.32 Å². The highest BCUT2D eigenvalue weighted by molar-refractivity contribution is 5.19. The fourth-order valence-electron chi connectivity index (χ4n) is 2.46. The summed E-state index contributed by atoms with van der Waals surface area (Å²) in [5, 5.41) is 3.48. The normalized spacial score (nSPS) is 22.4. The van der Waals surface area contributed by atoms with Crippen LogP contribution >= 0.6 is 0 Å². The lowest BCUT2D eigenvalue weighted by Gasteiger charge is -2.49. The van der Waals surface area contributed by atoms with E-state index in [1.165, 1.54) is 0 Å².